The summed E-state index contributed by atoms with van der Waals surface area (Å²) in [6, 6.07) is 6.71. The summed E-state index contributed by atoms with van der Waals surface area (Å²) >= 11 is 0. The maximum Gasteiger partial charge on any atom is 0.132 e. The number of benzene rings is 1. The molecule has 0 saturated carbocycles. The third kappa shape index (κ3) is 1.70. The molecule has 0 aliphatic heterocycles. The van der Waals surface area contributed by atoms with Crippen LogP contribution in [0.1, 0.15) is 5.56 Å². The van der Waals surface area contributed by atoms with Gasteiger partial charge in [0.05, 0.1) is 5.69 Å². The largest absolute Gasteiger partial charge is 0.384 e. The summed E-state index contributed by atoms with van der Waals surface area (Å²) in [5, 5.41) is 4.12. The van der Waals surface area contributed by atoms with E-state index in [0.29, 0.717) is 17.1 Å². The standard InChI is InChI=1S/C11H12FN3/c1-7-3-4-8(9(12)5-7)10-6-11(13)15(2)14-10/h3-6H,13H2,1-2H3. The van der Waals surface area contributed by atoms with Crippen molar-refractivity contribution in [3.63, 3.8) is 0 Å². The molecule has 3 nitrogen and oxygen atoms in total. The van der Waals surface area contributed by atoms with Gasteiger partial charge in [0, 0.05) is 18.7 Å². The maximum absolute atomic E-state index is 13.6. The molecule has 2 N–H and O–H groups in total. The number of halogens is 1. The van der Waals surface area contributed by atoms with Crippen LogP contribution >= 0.6 is 0 Å². The van der Waals surface area contributed by atoms with Crippen LogP contribution in [-0.4, -0.2) is 9.78 Å². The monoisotopic (exact) mass is 205 g/mol. The summed E-state index contributed by atoms with van der Waals surface area (Å²) < 4.78 is 15.1. The molecule has 0 aliphatic rings. The van der Waals surface area contributed by atoms with Crippen molar-refractivity contribution in [3.8, 4) is 11.3 Å². The average Bonchev–Trinajstić information content (AvgIpc) is 2.46. The lowest BCUT2D eigenvalue weighted by Gasteiger charge is -1.99. The summed E-state index contributed by atoms with van der Waals surface area (Å²) in [5.74, 6) is 0.248. The van der Waals surface area contributed by atoms with Crippen molar-refractivity contribution < 1.29 is 4.39 Å². The zero-order chi connectivity index (χ0) is 11.0. The Kier molecular flexibility index (Phi) is 2.19. The quantitative estimate of drug-likeness (QED) is 0.774. The Morgan fingerprint density at radius 1 is 1.33 bits per heavy atom. The molecule has 1 aromatic heterocycles. The lowest BCUT2D eigenvalue weighted by Crippen LogP contribution is -1.96. The van der Waals surface area contributed by atoms with E-state index >= 15 is 0 Å². The number of hydrogen-bond acceptors (Lipinski definition) is 2. The smallest absolute Gasteiger partial charge is 0.132 e. The molecule has 0 unspecified atom stereocenters. The highest BCUT2D eigenvalue weighted by Gasteiger charge is 2.09. The first kappa shape index (κ1) is 9.71. The molecule has 0 atom stereocenters. The molecule has 0 amide bonds. The number of hydrogen-bond donors (Lipinski definition) is 1. The van der Waals surface area contributed by atoms with Gasteiger partial charge in [-0.05, 0) is 24.6 Å². The molecule has 0 fully saturated rings. The summed E-state index contributed by atoms with van der Waals surface area (Å²) in [7, 11) is 1.73. The van der Waals surface area contributed by atoms with Crippen molar-refractivity contribution in [2.75, 3.05) is 5.73 Å². The van der Waals surface area contributed by atoms with E-state index in [1.165, 1.54) is 10.7 Å². The van der Waals surface area contributed by atoms with Crippen LogP contribution in [0.25, 0.3) is 11.3 Å². The normalized spacial score (nSPS) is 10.6. The Hall–Kier alpha value is -1.84. The van der Waals surface area contributed by atoms with Crippen molar-refractivity contribution >= 4 is 5.82 Å². The predicted octanol–water partition coefficient (Wildman–Crippen LogP) is 2.12. The Labute approximate surface area is 87.3 Å². The third-order valence-corrected chi connectivity index (χ3v) is 2.32. The van der Waals surface area contributed by atoms with Gasteiger partial charge in [0.1, 0.15) is 11.6 Å². The fourth-order valence-corrected chi connectivity index (χ4v) is 1.44. The molecule has 1 heterocycles. The molecule has 0 aliphatic carbocycles. The van der Waals surface area contributed by atoms with Gasteiger partial charge in [-0.3, -0.25) is 4.68 Å². The van der Waals surface area contributed by atoms with E-state index in [4.69, 9.17) is 5.73 Å². The van der Waals surface area contributed by atoms with Crippen molar-refractivity contribution in [1.82, 2.24) is 9.78 Å². The minimum Gasteiger partial charge on any atom is -0.384 e. The van der Waals surface area contributed by atoms with Gasteiger partial charge in [0.2, 0.25) is 0 Å². The maximum atomic E-state index is 13.6. The minimum atomic E-state index is -0.270. The van der Waals surface area contributed by atoms with Crippen LogP contribution in [0.3, 0.4) is 0 Å². The second kappa shape index (κ2) is 3.38. The number of nitrogen functional groups attached to an aromatic ring is 1. The highest BCUT2D eigenvalue weighted by molar-refractivity contribution is 5.63. The number of rotatable bonds is 1. The highest BCUT2D eigenvalue weighted by atomic mass is 19.1. The third-order valence-electron chi connectivity index (χ3n) is 2.32. The molecule has 4 heteroatoms. The van der Waals surface area contributed by atoms with Crippen molar-refractivity contribution in [2.24, 2.45) is 7.05 Å². The second-order valence-electron chi connectivity index (χ2n) is 3.56. The van der Waals surface area contributed by atoms with Gasteiger partial charge in [-0.25, -0.2) is 4.39 Å². The molecular weight excluding hydrogens is 193 g/mol. The van der Waals surface area contributed by atoms with Crippen molar-refractivity contribution in [1.29, 1.82) is 0 Å². The van der Waals surface area contributed by atoms with Crippen molar-refractivity contribution in [2.45, 2.75) is 6.92 Å². The molecule has 2 aromatic rings. The fourth-order valence-electron chi connectivity index (χ4n) is 1.44. The van der Waals surface area contributed by atoms with E-state index < -0.39 is 0 Å². The highest BCUT2D eigenvalue weighted by Crippen LogP contribution is 2.23. The Morgan fingerprint density at radius 3 is 2.60 bits per heavy atom. The molecule has 0 spiro atoms. The number of aromatic nitrogens is 2. The lowest BCUT2D eigenvalue weighted by atomic mass is 10.1. The summed E-state index contributed by atoms with van der Waals surface area (Å²) in [5.41, 5.74) is 7.57. The van der Waals surface area contributed by atoms with Gasteiger partial charge in [-0.2, -0.15) is 5.10 Å². The van der Waals surface area contributed by atoms with E-state index in [1.54, 1.807) is 19.2 Å². The number of anilines is 1. The molecule has 0 saturated heterocycles. The van der Waals surface area contributed by atoms with E-state index in [9.17, 15) is 4.39 Å². The van der Waals surface area contributed by atoms with Crippen LogP contribution < -0.4 is 5.73 Å². The zero-order valence-electron chi connectivity index (χ0n) is 8.66. The topological polar surface area (TPSA) is 43.8 Å². The average molecular weight is 205 g/mol. The molecule has 2 rings (SSSR count). The van der Waals surface area contributed by atoms with Gasteiger partial charge in [-0.1, -0.05) is 6.07 Å². The number of nitrogens with two attached hydrogens (primary N) is 1. The summed E-state index contributed by atoms with van der Waals surface area (Å²) in [6.45, 7) is 1.85. The predicted molar refractivity (Wildman–Crippen MR) is 57.8 cm³/mol. The molecule has 0 bridgehead atoms. The Balaban J connectivity index is 2.54. The van der Waals surface area contributed by atoms with Crippen LogP contribution in [0.15, 0.2) is 24.3 Å². The Morgan fingerprint density at radius 2 is 2.07 bits per heavy atom. The summed E-state index contributed by atoms with van der Waals surface area (Å²) in [6.07, 6.45) is 0. The number of nitrogens with zero attached hydrogens (tertiary/aromatic N) is 2. The first-order chi connectivity index (χ1) is 7.08. The van der Waals surface area contributed by atoms with E-state index in [2.05, 4.69) is 5.10 Å². The first-order valence-corrected chi connectivity index (χ1v) is 4.64. The molecule has 78 valence electrons. The van der Waals surface area contributed by atoms with E-state index in [-0.39, 0.29) is 5.82 Å². The molecule has 1 aromatic carbocycles. The van der Waals surface area contributed by atoms with Crippen LogP contribution in [0.2, 0.25) is 0 Å². The lowest BCUT2D eigenvalue weighted by molar-refractivity contribution is 0.629. The van der Waals surface area contributed by atoms with Crippen LogP contribution in [0.4, 0.5) is 10.2 Å². The zero-order valence-corrected chi connectivity index (χ0v) is 8.66. The SMILES string of the molecule is Cc1ccc(-c2cc(N)n(C)n2)c(F)c1. The van der Waals surface area contributed by atoms with Gasteiger partial charge in [0.25, 0.3) is 0 Å². The van der Waals surface area contributed by atoms with E-state index in [0.717, 1.165) is 5.56 Å². The van der Waals surface area contributed by atoms with Gasteiger partial charge in [-0.15, -0.1) is 0 Å². The first-order valence-electron chi connectivity index (χ1n) is 4.64. The van der Waals surface area contributed by atoms with E-state index in [1.807, 2.05) is 13.0 Å². The minimum absolute atomic E-state index is 0.270. The van der Waals surface area contributed by atoms with Crippen LogP contribution in [0, 0.1) is 12.7 Å². The second-order valence-corrected chi connectivity index (χ2v) is 3.56. The van der Waals surface area contributed by atoms with Crippen molar-refractivity contribution in [3.05, 3.63) is 35.6 Å². The van der Waals surface area contributed by atoms with Gasteiger partial charge < -0.3 is 5.73 Å². The molecule has 0 radical (unpaired) electrons. The van der Waals surface area contributed by atoms with Gasteiger partial charge >= 0.3 is 0 Å². The van der Waals surface area contributed by atoms with Crippen LogP contribution in [-0.2, 0) is 7.05 Å². The Bertz CT molecular complexity index is 483. The van der Waals surface area contributed by atoms with Crippen LogP contribution in [0.5, 0.6) is 0 Å². The number of aryl methyl sites for hydroxylation is 2. The fraction of sp³-hybridized carbons (Fsp3) is 0.182. The summed E-state index contributed by atoms with van der Waals surface area (Å²) in [4.78, 5) is 0. The van der Waals surface area contributed by atoms with Gasteiger partial charge in [0.15, 0.2) is 0 Å². The molecular formula is C11H12FN3. The molecule has 15 heavy (non-hydrogen) atoms.